The van der Waals surface area contributed by atoms with Crippen LogP contribution in [-0.2, 0) is 0 Å². The molecule has 0 radical (unpaired) electrons. The number of hydrogen-bond acceptors (Lipinski definition) is 2. The molecule has 0 saturated heterocycles. The average Bonchev–Trinajstić information content (AvgIpc) is 2.34. The van der Waals surface area contributed by atoms with Gasteiger partial charge in [0, 0.05) is 0 Å². The molecule has 1 aromatic rings. The van der Waals surface area contributed by atoms with Gasteiger partial charge < -0.3 is 0 Å². The van der Waals surface area contributed by atoms with Gasteiger partial charge in [0.2, 0.25) is 5.82 Å². The number of rotatable bonds is 0. The van der Waals surface area contributed by atoms with Crippen LogP contribution in [0, 0.1) is 11.8 Å². The summed E-state index contributed by atoms with van der Waals surface area (Å²) in [6, 6.07) is 0. The van der Waals surface area contributed by atoms with E-state index in [1.807, 2.05) is 0 Å². The third-order valence-electron chi connectivity index (χ3n) is 0.689. The number of aromatic amines is 1. The summed E-state index contributed by atoms with van der Waals surface area (Å²) in [5.41, 5.74) is 0. The molecule has 0 aromatic carbocycles. The Bertz CT molecular complexity index is 218. The van der Waals surface area contributed by atoms with Crippen LogP contribution in [0.15, 0.2) is 6.33 Å². The number of nitrogens with one attached hydrogen (secondary N) is 1. The highest BCUT2D eigenvalue weighted by Crippen LogP contribution is 1.80. The van der Waals surface area contributed by atoms with Crippen molar-refractivity contribution in [2.45, 2.75) is 0 Å². The highest BCUT2D eigenvalue weighted by molar-refractivity contribution is 9.09. The fraction of sp³-hybridized carbons (Fsp3) is 0.200. The molecule has 1 heterocycles. The molecule has 0 aliphatic rings. The van der Waals surface area contributed by atoms with Gasteiger partial charge in [-0.1, -0.05) is 21.9 Å². The van der Waals surface area contributed by atoms with E-state index in [0.29, 0.717) is 11.2 Å². The Balaban J connectivity index is 2.67. The van der Waals surface area contributed by atoms with Crippen molar-refractivity contribution in [3.63, 3.8) is 0 Å². The normalized spacial score (nSPS) is 8.11. The summed E-state index contributed by atoms with van der Waals surface area (Å²) < 4.78 is 0. The third-order valence-corrected chi connectivity index (χ3v) is 0.969. The molecule has 0 amide bonds. The Kier molecular flexibility index (Phi) is 2.28. The molecule has 3 nitrogen and oxygen atoms in total. The lowest BCUT2D eigenvalue weighted by molar-refractivity contribution is 1.08. The zero-order chi connectivity index (χ0) is 6.53. The maximum absolute atomic E-state index is 3.79. The topological polar surface area (TPSA) is 41.6 Å². The van der Waals surface area contributed by atoms with Gasteiger partial charge in [0.15, 0.2) is 0 Å². The molecule has 0 spiro atoms. The van der Waals surface area contributed by atoms with Crippen molar-refractivity contribution in [3.05, 3.63) is 12.2 Å². The molecule has 0 aliphatic carbocycles. The van der Waals surface area contributed by atoms with Crippen molar-refractivity contribution >= 4 is 15.9 Å². The highest BCUT2D eigenvalue weighted by atomic mass is 79.9. The van der Waals surface area contributed by atoms with E-state index in [0.717, 1.165) is 0 Å². The molecule has 1 rings (SSSR count). The van der Waals surface area contributed by atoms with Crippen LogP contribution in [0.5, 0.6) is 0 Å². The minimum Gasteiger partial charge on any atom is -0.253 e. The Morgan fingerprint density at radius 3 is 3.22 bits per heavy atom. The number of halogens is 1. The molecule has 0 unspecified atom stereocenters. The first-order valence-electron chi connectivity index (χ1n) is 2.33. The molecular weight excluding hydrogens is 182 g/mol. The fourth-order valence-electron chi connectivity index (χ4n) is 0.383. The second-order valence-electron chi connectivity index (χ2n) is 1.27. The fourth-order valence-corrected chi connectivity index (χ4v) is 0.523. The van der Waals surface area contributed by atoms with Gasteiger partial charge in [0.1, 0.15) is 6.33 Å². The lowest BCUT2D eigenvalue weighted by Crippen LogP contribution is -1.75. The number of alkyl halides is 1. The molecule has 0 bridgehead atoms. The summed E-state index contributed by atoms with van der Waals surface area (Å²) in [5.74, 6) is 6.14. The summed E-state index contributed by atoms with van der Waals surface area (Å²) in [5, 5.41) is 6.90. The molecule has 4 heteroatoms. The average molecular weight is 186 g/mol. The summed E-state index contributed by atoms with van der Waals surface area (Å²) in [6.07, 6.45) is 1.43. The van der Waals surface area contributed by atoms with Crippen molar-refractivity contribution in [2.75, 3.05) is 5.33 Å². The van der Waals surface area contributed by atoms with E-state index >= 15 is 0 Å². The minimum atomic E-state index is 0.606. The highest BCUT2D eigenvalue weighted by Gasteiger charge is 1.82. The zero-order valence-electron chi connectivity index (χ0n) is 4.56. The van der Waals surface area contributed by atoms with Crippen LogP contribution in [-0.4, -0.2) is 20.5 Å². The molecular formula is C5H4BrN3. The van der Waals surface area contributed by atoms with Crippen LogP contribution < -0.4 is 0 Å². The van der Waals surface area contributed by atoms with E-state index in [1.54, 1.807) is 0 Å². The number of nitrogens with zero attached hydrogens (tertiary/aromatic N) is 2. The first kappa shape index (κ1) is 6.30. The smallest absolute Gasteiger partial charge is 0.200 e. The van der Waals surface area contributed by atoms with Gasteiger partial charge >= 0.3 is 0 Å². The van der Waals surface area contributed by atoms with Gasteiger partial charge in [0.25, 0.3) is 0 Å². The predicted octanol–water partition coefficient (Wildman–Crippen LogP) is 0.551. The maximum Gasteiger partial charge on any atom is 0.200 e. The molecule has 0 fully saturated rings. The zero-order valence-corrected chi connectivity index (χ0v) is 6.14. The minimum absolute atomic E-state index is 0.606. The molecule has 46 valence electrons. The Hall–Kier alpha value is -0.820. The van der Waals surface area contributed by atoms with Crippen LogP contribution in [0.1, 0.15) is 5.82 Å². The van der Waals surface area contributed by atoms with E-state index in [4.69, 9.17) is 0 Å². The SMILES string of the molecule is BrCC#Cc1ncn[nH]1. The van der Waals surface area contributed by atoms with Gasteiger partial charge in [0.05, 0.1) is 5.33 Å². The number of aromatic nitrogens is 3. The lowest BCUT2D eigenvalue weighted by Gasteiger charge is -1.71. The number of H-pyrrole nitrogens is 1. The third kappa shape index (κ3) is 1.86. The van der Waals surface area contributed by atoms with Gasteiger partial charge in [-0.2, -0.15) is 5.10 Å². The van der Waals surface area contributed by atoms with Gasteiger partial charge in [-0.25, -0.2) is 4.98 Å². The summed E-state index contributed by atoms with van der Waals surface area (Å²) in [4.78, 5) is 3.79. The Morgan fingerprint density at radius 2 is 2.67 bits per heavy atom. The first-order valence-corrected chi connectivity index (χ1v) is 3.46. The molecule has 9 heavy (non-hydrogen) atoms. The summed E-state index contributed by atoms with van der Waals surface area (Å²) >= 11 is 3.16. The second-order valence-corrected chi connectivity index (χ2v) is 1.83. The Morgan fingerprint density at radius 1 is 1.78 bits per heavy atom. The lowest BCUT2D eigenvalue weighted by atomic mass is 10.6. The van der Waals surface area contributed by atoms with Crippen molar-refractivity contribution in [2.24, 2.45) is 0 Å². The number of hydrogen-bond donors (Lipinski definition) is 1. The van der Waals surface area contributed by atoms with Gasteiger partial charge in [-0.3, -0.25) is 5.10 Å². The van der Waals surface area contributed by atoms with Crippen LogP contribution in [0.2, 0.25) is 0 Å². The molecule has 0 aliphatic heterocycles. The van der Waals surface area contributed by atoms with E-state index in [-0.39, 0.29) is 0 Å². The van der Waals surface area contributed by atoms with E-state index < -0.39 is 0 Å². The van der Waals surface area contributed by atoms with Gasteiger partial charge in [-0.05, 0) is 5.92 Å². The molecule has 0 saturated carbocycles. The van der Waals surface area contributed by atoms with Crippen molar-refractivity contribution < 1.29 is 0 Å². The Labute approximate surface area is 61.0 Å². The monoisotopic (exact) mass is 185 g/mol. The molecule has 0 atom stereocenters. The summed E-state index contributed by atoms with van der Waals surface area (Å²) in [6.45, 7) is 0. The van der Waals surface area contributed by atoms with E-state index in [2.05, 4.69) is 43.0 Å². The van der Waals surface area contributed by atoms with Crippen molar-refractivity contribution in [1.82, 2.24) is 15.2 Å². The molecule has 1 aromatic heterocycles. The van der Waals surface area contributed by atoms with Crippen LogP contribution in [0.25, 0.3) is 0 Å². The van der Waals surface area contributed by atoms with E-state index in [9.17, 15) is 0 Å². The van der Waals surface area contributed by atoms with Crippen molar-refractivity contribution in [1.29, 1.82) is 0 Å². The quantitative estimate of drug-likeness (QED) is 0.474. The van der Waals surface area contributed by atoms with Crippen molar-refractivity contribution in [3.8, 4) is 11.8 Å². The maximum atomic E-state index is 3.79. The van der Waals surface area contributed by atoms with Crippen LogP contribution >= 0.6 is 15.9 Å². The van der Waals surface area contributed by atoms with Gasteiger partial charge in [-0.15, -0.1) is 0 Å². The first-order chi connectivity index (χ1) is 4.43. The summed E-state index contributed by atoms with van der Waals surface area (Å²) in [7, 11) is 0. The molecule has 1 N–H and O–H groups in total. The standard InChI is InChI=1S/C5H4BrN3/c6-3-1-2-5-7-4-8-9-5/h4H,3H2,(H,7,8,9). The van der Waals surface area contributed by atoms with E-state index in [1.165, 1.54) is 6.33 Å². The van der Waals surface area contributed by atoms with Crippen LogP contribution in [0.3, 0.4) is 0 Å². The predicted molar refractivity (Wildman–Crippen MR) is 37.1 cm³/mol. The largest absolute Gasteiger partial charge is 0.253 e. The second kappa shape index (κ2) is 3.25. The van der Waals surface area contributed by atoms with Crippen LogP contribution in [0.4, 0.5) is 0 Å².